The molecule has 1 aromatic heterocycles. The number of esters is 1. The van der Waals surface area contributed by atoms with E-state index in [9.17, 15) is 4.79 Å². The fraction of sp³-hybridized carbons (Fsp3) is 0.333. The lowest BCUT2D eigenvalue weighted by Gasteiger charge is -2.16. The number of alkyl halides is 1. The highest BCUT2D eigenvalue weighted by Crippen LogP contribution is 2.17. The molecule has 1 unspecified atom stereocenters. The quantitative estimate of drug-likeness (QED) is 0.515. The Bertz CT molecular complexity index is 559. The summed E-state index contributed by atoms with van der Waals surface area (Å²) in [4.78, 5) is 23.9. The van der Waals surface area contributed by atoms with Gasteiger partial charge in [0.1, 0.15) is 17.2 Å². The zero-order valence-corrected chi connectivity index (χ0v) is 12.5. The number of aliphatic imine (C=N–C) groups is 2. The number of hydrogen-bond acceptors (Lipinski definition) is 7. The van der Waals surface area contributed by atoms with Gasteiger partial charge in [-0.05, 0) is 18.4 Å². The number of methoxy groups -OCH3 is 1. The second kappa shape index (κ2) is 6.71. The van der Waals surface area contributed by atoms with Gasteiger partial charge in [-0.1, -0.05) is 23.4 Å². The number of hydrogen-bond donors (Lipinski definition) is 1. The predicted molar refractivity (Wildman–Crippen MR) is 81.8 cm³/mol. The molecule has 106 valence electrons. The summed E-state index contributed by atoms with van der Waals surface area (Å²) < 4.78 is 4.61. The van der Waals surface area contributed by atoms with Crippen LogP contribution >= 0.6 is 23.4 Å². The van der Waals surface area contributed by atoms with Crippen LogP contribution in [-0.4, -0.2) is 40.8 Å². The molecule has 0 radical (unpaired) electrons. The number of halogens is 1. The van der Waals surface area contributed by atoms with Crippen molar-refractivity contribution in [2.75, 3.05) is 18.7 Å². The summed E-state index contributed by atoms with van der Waals surface area (Å²) in [6.07, 6.45) is 3.84. The van der Waals surface area contributed by atoms with E-state index >= 15 is 0 Å². The molecule has 2 heterocycles. The minimum Gasteiger partial charge on any atom is -0.465 e. The molecule has 0 saturated carbocycles. The maximum absolute atomic E-state index is 11.3. The fourth-order valence-corrected chi connectivity index (χ4v) is 2.28. The number of nitrogens with one attached hydrogen (secondary N) is 1. The standard InChI is InChI=1S/C12H13ClN4O2S/c1-19-11(18)7-3-4-9(14-6-7)16-10-5-8(13)15-12(17-10)20-2/h3-4,6,8H,5H2,1-2H3,(H,14,15,16,17). The van der Waals surface area contributed by atoms with Gasteiger partial charge in [-0.25, -0.2) is 19.8 Å². The lowest BCUT2D eigenvalue weighted by molar-refractivity contribution is 0.0600. The lowest BCUT2D eigenvalue weighted by atomic mass is 10.3. The highest BCUT2D eigenvalue weighted by molar-refractivity contribution is 8.13. The molecule has 0 bridgehead atoms. The second-order valence-electron chi connectivity index (χ2n) is 3.86. The monoisotopic (exact) mass is 312 g/mol. The van der Waals surface area contributed by atoms with Gasteiger partial charge in [0.15, 0.2) is 5.17 Å². The van der Waals surface area contributed by atoms with Gasteiger partial charge < -0.3 is 10.1 Å². The van der Waals surface area contributed by atoms with Crippen molar-refractivity contribution in [3.8, 4) is 0 Å². The molecule has 20 heavy (non-hydrogen) atoms. The Labute approximate surface area is 125 Å². The summed E-state index contributed by atoms with van der Waals surface area (Å²) in [6.45, 7) is 0. The first kappa shape index (κ1) is 14.8. The van der Waals surface area contributed by atoms with Crippen molar-refractivity contribution < 1.29 is 9.53 Å². The molecule has 1 aliphatic rings. The predicted octanol–water partition coefficient (Wildman–Crippen LogP) is 2.37. The number of pyridine rings is 1. The maximum Gasteiger partial charge on any atom is 0.339 e. The Balaban J connectivity index is 2.09. The molecule has 8 heteroatoms. The number of anilines is 1. The van der Waals surface area contributed by atoms with Crippen molar-refractivity contribution in [3.63, 3.8) is 0 Å². The van der Waals surface area contributed by atoms with Crippen molar-refractivity contribution in [1.29, 1.82) is 0 Å². The molecular weight excluding hydrogens is 300 g/mol. The molecule has 2 rings (SSSR count). The molecular formula is C12H13ClN4O2S. The van der Waals surface area contributed by atoms with Gasteiger partial charge in [0.05, 0.1) is 12.7 Å². The van der Waals surface area contributed by atoms with Crippen molar-refractivity contribution in [1.82, 2.24) is 4.98 Å². The van der Waals surface area contributed by atoms with Gasteiger partial charge in [-0.15, -0.1) is 0 Å². The number of amidine groups is 2. The van der Waals surface area contributed by atoms with Crippen LogP contribution in [0, 0.1) is 0 Å². The highest BCUT2D eigenvalue weighted by atomic mass is 35.5. The number of carbonyl (C=O) groups excluding carboxylic acids is 1. The molecule has 0 aliphatic carbocycles. The van der Waals surface area contributed by atoms with Crippen LogP contribution in [0.2, 0.25) is 0 Å². The summed E-state index contributed by atoms with van der Waals surface area (Å²) in [5.74, 6) is 0.863. The van der Waals surface area contributed by atoms with Crippen LogP contribution in [0.25, 0.3) is 0 Å². The van der Waals surface area contributed by atoms with Gasteiger partial charge in [0.25, 0.3) is 0 Å². The summed E-state index contributed by atoms with van der Waals surface area (Å²) in [5.41, 5.74) is 0.0667. The number of aromatic nitrogens is 1. The van der Waals surface area contributed by atoms with E-state index in [4.69, 9.17) is 11.6 Å². The number of rotatable bonds is 2. The number of nitrogens with zero attached hydrogens (tertiary/aromatic N) is 3. The Kier molecular flexibility index (Phi) is 4.97. The van der Waals surface area contributed by atoms with Crippen molar-refractivity contribution in [3.05, 3.63) is 23.9 Å². The first-order valence-corrected chi connectivity index (χ1v) is 7.43. The molecule has 1 atom stereocenters. The van der Waals surface area contributed by atoms with E-state index in [0.29, 0.717) is 28.8 Å². The van der Waals surface area contributed by atoms with Crippen LogP contribution in [0.4, 0.5) is 5.82 Å². The zero-order chi connectivity index (χ0) is 14.5. The Morgan fingerprint density at radius 2 is 2.35 bits per heavy atom. The first-order valence-electron chi connectivity index (χ1n) is 5.77. The van der Waals surface area contributed by atoms with E-state index in [0.717, 1.165) is 0 Å². The maximum atomic E-state index is 11.3. The SMILES string of the molecule is COC(=O)c1ccc(NC2=NC(SC)=NC(Cl)C2)nc1. The molecule has 0 spiro atoms. The van der Waals surface area contributed by atoms with Crippen LogP contribution < -0.4 is 5.32 Å². The van der Waals surface area contributed by atoms with E-state index in [-0.39, 0.29) is 5.50 Å². The van der Waals surface area contributed by atoms with E-state index in [1.165, 1.54) is 25.1 Å². The third kappa shape index (κ3) is 3.71. The van der Waals surface area contributed by atoms with Crippen molar-refractivity contribution in [2.24, 2.45) is 9.98 Å². The van der Waals surface area contributed by atoms with Gasteiger partial charge in [0.2, 0.25) is 0 Å². The average molecular weight is 313 g/mol. The summed E-state index contributed by atoms with van der Waals surface area (Å²) in [6, 6.07) is 3.31. The minimum absolute atomic E-state index is 0.327. The van der Waals surface area contributed by atoms with Gasteiger partial charge >= 0.3 is 5.97 Å². The number of thioether (sulfide) groups is 1. The fourth-order valence-electron chi connectivity index (χ4n) is 1.55. The highest BCUT2D eigenvalue weighted by Gasteiger charge is 2.16. The van der Waals surface area contributed by atoms with E-state index in [1.54, 1.807) is 12.1 Å². The second-order valence-corrected chi connectivity index (χ2v) is 5.14. The topological polar surface area (TPSA) is 75.9 Å². The van der Waals surface area contributed by atoms with Crippen LogP contribution in [0.3, 0.4) is 0 Å². The Morgan fingerprint density at radius 3 is 2.95 bits per heavy atom. The van der Waals surface area contributed by atoms with Gasteiger partial charge in [-0.2, -0.15) is 0 Å². The summed E-state index contributed by atoms with van der Waals surface area (Å²) >= 11 is 7.46. The largest absolute Gasteiger partial charge is 0.465 e. The number of ether oxygens (including phenoxy) is 1. The molecule has 0 saturated heterocycles. The van der Waals surface area contributed by atoms with Crippen LogP contribution in [0.5, 0.6) is 0 Å². The molecule has 1 aliphatic heterocycles. The number of carbonyl (C=O) groups is 1. The zero-order valence-electron chi connectivity index (χ0n) is 11.0. The molecule has 0 aromatic carbocycles. The average Bonchev–Trinajstić information content (AvgIpc) is 2.46. The van der Waals surface area contributed by atoms with E-state index in [1.807, 2.05) is 6.26 Å². The summed E-state index contributed by atoms with van der Waals surface area (Å²) in [5, 5.41) is 3.70. The molecule has 1 N–H and O–H groups in total. The lowest BCUT2D eigenvalue weighted by Crippen LogP contribution is -2.22. The third-order valence-corrected chi connectivity index (χ3v) is 3.30. The molecule has 6 nitrogen and oxygen atoms in total. The van der Waals surface area contributed by atoms with Crippen molar-refractivity contribution in [2.45, 2.75) is 11.9 Å². The molecule has 1 aromatic rings. The molecule has 0 amide bonds. The Hall–Kier alpha value is -1.60. The smallest absolute Gasteiger partial charge is 0.339 e. The van der Waals surface area contributed by atoms with Crippen LogP contribution in [0.1, 0.15) is 16.8 Å². The Morgan fingerprint density at radius 1 is 1.55 bits per heavy atom. The van der Waals surface area contributed by atoms with Gasteiger partial charge in [0, 0.05) is 12.6 Å². The van der Waals surface area contributed by atoms with E-state index < -0.39 is 5.97 Å². The molecule has 0 fully saturated rings. The summed E-state index contributed by atoms with van der Waals surface area (Å²) in [7, 11) is 1.33. The normalized spacial score (nSPS) is 18.1. The third-order valence-electron chi connectivity index (χ3n) is 2.48. The minimum atomic E-state index is -0.420. The van der Waals surface area contributed by atoms with Gasteiger partial charge in [-0.3, -0.25) is 0 Å². The van der Waals surface area contributed by atoms with Crippen LogP contribution in [0.15, 0.2) is 28.3 Å². The first-order chi connectivity index (χ1) is 9.62. The van der Waals surface area contributed by atoms with Crippen LogP contribution in [-0.2, 0) is 4.74 Å². The van der Waals surface area contributed by atoms with E-state index in [2.05, 4.69) is 25.0 Å². The van der Waals surface area contributed by atoms with Crippen molar-refractivity contribution >= 4 is 46.2 Å².